The molecule has 1 amide bonds. The topological polar surface area (TPSA) is 40.5 Å². The molecule has 17 heavy (non-hydrogen) atoms. The van der Waals surface area contributed by atoms with Gasteiger partial charge in [0.15, 0.2) is 0 Å². The summed E-state index contributed by atoms with van der Waals surface area (Å²) in [6.45, 7) is 2.07. The lowest BCUT2D eigenvalue weighted by Gasteiger charge is -2.34. The van der Waals surface area contributed by atoms with Crippen molar-refractivity contribution in [2.75, 3.05) is 19.7 Å². The number of allylic oxidation sites excluding steroid dienone is 2. The molecular weight excluding hydrogens is 214 g/mol. The average molecular weight is 237 g/mol. The fraction of sp³-hybridized carbons (Fsp3) is 0.786. The molecular formula is C14H23NO2. The number of likely N-dealkylation sites (tertiary alicyclic amines) is 1. The maximum absolute atomic E-state index is 12.3. The van der Waals surface area contributed by atoms with E-state index in [1.54, 1.807) is 0 Å². The van der Waals surface area contributed by atoms with Crippen LogP contribution in [0.5, 0.6) is 0 Å². The number of hydrogen-bond donors (Lipinski definition) is 1. The molecule has 1 aliphatic heterocycles. The lowest BCUT2D eigenvalue weighted by atomic mass is 9.90. The molecule has 2 rings (SSSR count). The second-order valence-corrected chi connectivity index (χ2v) is 5.26. The van der Waals surface area contributed by atoms with Crippen molar-refractivity contribution < 1.29 is 9.90 Å². The van der Waals surface area contributed by atoms with Crippen molar-refractivity contribution in [2.24, 2.45) is 11.8 Å². The number of nitrogens with zero attached hydrogens (tertiary/aromatic N) is 1. The average Bonchev–Trinajstić information content (AvgIpc) is 2.40. The fourth-order valence-corrected chi connectivity index (χ4v) is 2.90. The molecule has 3 heteroatoms. The number of hydrogen-bond acceptors (Lipinski definition) is 2. The van der Waals surface area contributed by atoms with Crippen molar-refractivity contribution in [1.82, 2.24) is 4.90 Å². The summed E-state index contributed by atoms with van der Waals surface area (Å²) >= 11 is 0. The van der Waals surface area contributed by atoms with E-state index in [0.717, 1.165) is 51.6 Å². The van der Waals surface area contributed by atoms with Gasteiger partial charge in [0, 0.05) is 25.6 Å². The Labute approximate surface area is 103 Å². The minimum atomic E-state index is 0.231. The van der Waals surface area contributed by atoms with Gasteiger partial charge in [-0.05, 0) is 44.4 Å². The highest BCUT2D eigenvalue weighted by Gasteiger charge is 2.27. The summed E-state index contributed by atoms with van der Waals surface area (Å²) in [6, 6.07) is 0. The van der Waals surface area contributed by atoms with Crippen molar-refractivity contribution in [2.45, 2.75) is 38.5 Å². The van der Waals surface area contributed by atoms with Gasteiger partial charge in [0.2, 0.25) is 5.91 Å². The largest absolute Gasteiger partial charge is 0.396 e. The minimum Gasteiger partial charge on any atom is -0.396 e. The Morgan fingerprint density at radius 1 is 1.24 bits per heavy atom. The number of carbonyl (C=O) groups excluding carboxylic acids is 1. The molecule has 1 N–H and O–H groups in total. The van der Waals surface area contributed by atoms with E-state index in [1.807, 2.05) is 4.90 Å². The van der Waals surface area contributed by atoms with E-state index in [0.29, 0.717) is 11.8 Å². The number of rotatable bonds is 3. The molecule has 1 aliphatic carbocycles. The Kier molecular flexibility index (Phi) is 4.60. The van der Waals surface area contributed by atoms with E-state index in [2.05, 4.69) is 12.2 Å². The van der Waals surface area contributed by atoms with Gasteiger partial charge in [-0.2, -0.15) is 0 Å². The smallest absolute Gasteiger partial charge is 0.226 e. The molecule has 1 unspecified atom stereocenters. The quantitative estimate of drug-likeness (QED) is 0.762. The normalized spacial score (nSPS) is 26.2. The van der Waals surface area contributed by atoms with Crippen molar-refractivity contribution in [3.8, 4) is 0 Å². The van der Waals surface area contributed by atoms with Crippen LogP contribution in [0.4, 0.5) is 0 Å². The summed E-state index contributed by atoms with van der Waals surface area (Å²) in [7, 11) is 0. The predicted octanol–water partition coefficient (Wildman–Crippen LogP) is 1.96. The maximum atomic E-state index is 12.3. The molecule has 0 saturated carbocycles. The first-order chi connectivity index (χ1) is 8.31. The van der Waals surface area contributed by atoms with Gasteiger partial charge in [-0.25, -0.2) is 0 Å². The van der Waals surface area contributed by atoms with Crippen LogP contribution < -0.4 is 0 Å². The van der Waals surface area contributed by atoms with E-state index in [-0.39, 0.29) is 12.5 Å². The van der Waals surface area contributed by atoms with Gasteiger partial charge < -0.3 is 10.0 Å². The van der Waals surface area contributed by atoms with Crippen LogP contribution >= 0.6 is 0 Å². The highest BCUT2D eigenvalue weighted by atomic mass is 16.3. The van der Waals surface area contributed by atoms with Crippen LogP contribution in [-0.2, 0) is 4.79 Å². The van der Waals surface area contributed by atoms with Crippen LogP contribution in [0.15, 0.2) is 12.2 Å². The number of carbonyl (C=O) groups is 1. The third kappa shape index (κ3) is 3.32. The number of piperidine rings is 1. The van der Waals surface area contributed by atoms with Crippen LogP contribution in [0.25, 0.3) is 0 Å². The van der Waals surface area contributed by atoms with Crippen LogP contribution in [0, 0.1) is 11.8 Å². The molecule has 0 bridgehead atoms. The predicted molar refractivity (Wildman–Crippen MR) is 67.5 cm³/mol. The molecule has 96 valence electrons. The molecule has 0 radical (unpaired) electrons. The highest BCUT2D eigenvalue weighted by Crippen LogP contribution is 2.25. The molecule has 1 heterocycles. The maximum Gasteiger partial charge on any atom is 0.226 e. The third-order valence-electron chi connectivity index (χ3n) is 4.08. The molecule has 0 aromatic carbocycles. The Morgan fingerprint density at radius 2 is 2.00 bits per heavy atom. The number of aliphatic hydroxyl groups is 1. The third-order valence-corrected chi connectivity index (χ3v) is 4.08. The Bertz CT molecular complexity index is 280. The second-order valence-electron chi connectivity index (χ2n) is 5.26. The number of aliphatic hydroxyl groups excluding tert-OH is 1. The first-order valence-corrected chi connectivity index (χ1v) is 6.86. The Hall–Kier alpha value is -0.830. The lowest BCUT2D eigenvalue weighted by molar-refractivity contribution is -0.137. The van der Waals surface area contributed by atoms with Gasteiger partial charge in [0.1, 0.15) is 0 Å². The molecule has 1 saturated heterocycles. The first-order valence-electron chi connectivity index (χ1n) is 6.86. The molecule has 1 atom stereocenters. The van der Waals surface area contributed by atoms with Crippen LogP contribution in [0.2, 0.25) is 0 Å². The second kappa shape index (κ2) is 6.20. The van der Waals surface area contributed by atoms with Gasteiger partial charge in [-0.1, -0.05) is 12.2 Å². The zero-order valence-corrected chi connectivity index (χ0v) is 10.5. The van der Waals surface area contributed by atoms with Gasteiger partial charge in [-0.15, -0.1) is 0 Å². The molecule has 0 aromatic rings. The van der Waals surface area contributed by atoms with Crippen LogP contribution in [0.3, 0.4) is 0 Å². The zero-order valence-electron chi connectivity index (χ0n) is 10.5. The summed E-state index contributed by atoms with van der Waals surface area (Å²) in [6.07, 6.45) is 10.3. The number of amides is 1. The van der Waals surface area contributed by atoms with E-state index in [9.17, 15) is 4.79 Å². The van der Waals surface area contributed by atoms with Crippen molar-refractivity contribution >= 4 is 5.91 Å². The van der Waals surface area contributed by atoms with E-state index < -0.39 is 0 Å². The van der Waals surface area contributed by atoms with Gasteiger partial charge >= 0.3 is 0 Å². The van der Waals surface area contributed by atoms with Crippen molar-refractivity contribution in [1.29, 1.82) is 0 Å². The minimum absolute atomic E-state index is 0.231. The standard InChI is InChI=1S/C14H23NO2/c16-11-8-12-6-9-15(10-7-12)14(17)13-4-2-1-3-5-13/h1-2,12-13,16H,3-11H2. The van der Waals surface area contributed by atoms with E-state index in [4.69, 9.17) is 5.11 Å². The molecule has 3 nitrogen and oxygen atoms in total. The summed E-state index contributed by atoms with van der Waals surface area (Å²) in [5.74, 6) is 1.21. The van der Waals surface area contributed by atoms with Gasteiger partial charge in [0.05, 0.1) is 0 Å². The fourth-order valence-electron chi connectivity index (χ4n) is 2.90. The summed E-state index contributed by atoms with van der Waals surface area (Å²) in [4.78, 5) is 14.3. The molecule has 1 fully saturated rings. The Balaban J connectivity index is 1.79. The van der Waals surface area contributed by atoms with E-state index in [1.165, 1.54) is 0 Å². The Morgan fingerprint density at radius 3 is 2.59 bits per heavy atom. The SMILES string of the molecule is O=C(C1CC=CCC1)N1CCC(CCO)CC1. The van der Waals surface area contributed by atoms with Crippen molar-refractivity contribution in [3.05, 3.63) is 12.2 Å². The summed E-state index contributed by atoms with van der Waals surface area (Å²) in [5, 5.41) is 8.91. The zero-order chi connectivity index (χ0) is 12.1. The first kappa shape index (κ1) is 12.6. The van der Waals surface area contributed by atoms with Crippen molar-refractivity contribution in [3.63, 3.8) is 0 Å². The molecule has 0 spiro atoms. The summed E-state index contributed by atoms with van der Waals surface area (Å²) < 4.78 is 0. The van der Waals surface area contributed by atoms with Gasteiger partial charge in [0.25, 0.3) is 0 Å². The molecule has 2 aliphatic rings. The summed E-state index contributed by atoms with van der Waals surface area (Å²) in [5.41, 5.74) is 0. The monoisotopic (exact) mass is 237 g/mol. The van der Waals surface area contributed by atoms with Crippen LogP contribution in [0.1, 0.15) is 38.5 Å². The van der Waals surface area contributed by atoms with Gasteiger partial charge in [-0.3, -0.25) is 4.79 Å². The highest BCUT2D eigenvalue weighted by molar-refractivity contribution is 5.79. The van der Waals surface area contributed by atoms with E-state index >= 15 is 0 Å². The lowest BCUT2D eigenvalue weighted by Crippen LogP contribution is -2.42. The van der Waals surface area contributed by atoms with Crippen LogP contribution in [-0.4, -0.2) is 35.6 Å². The molecule has 0 aromatic heterocycles.